The number of para-hydroxylation sites is 1. The molecular weight excluding hydrogens is 272 g/mol. The number of aromatic nitrogens is 1. The molecule has 21 heavy (non-hydrogen) atoms. The molecule has 0 radical (unpaired) electrons. The van der Waals surface area contributed by atoms with Crippen LogP contribution in [0.5, 0.6) is 0 Å². The molecule has 0 bridgehead atoms. The van der Waals surface area contributed by atoms with Crippen LogP contribution in [0.2, 0.25) is 0 Å². The summed E-state index contributed by atoms with van der Waals surface area (Å²) in [7, 11) is 1.35. The zero-order valence-electron chi connectivity index (χ0n) is 12.3. The van der Waals surface area contributed by atoms with Crippen LogP contribution in [-0.2, 0) is 9.47 Å². The van der Waals surface area contributed by atoms with Crippen LogP contribution in [0.25, 0.3) is 11.1 Å². The Morgan fingerprint density at radius 1 is 1.33 bits per heavy atom. The minimum absolute atomic E-state index is 0.115. The van der Waals surface area contributed by atoms with Gasteiger partial charge in [-0.05, 0) is 26.0 Å². The molecule has 1 aromatic heterocycles. The molecule has 1 aromatic carbocycles. The van der Waals surface area contributed by atoms with E-state index in [-0.39, 0.29) is 12.2 Å². The minimum atomic E-state index is -0.413. The number of methoxy groups -OCH3 is 1. The number of hydrogen-bond acceptors (Lipinski definition) is 6. The van der Waals surface area contributed by atoms with E-state index in [1.54, 1.807) is 18.2 Å². The minimum Gasteiger partial charge on any atom is -0.465 e. The van der Waals surface area contributed by atoms with Gasteiger partial charge in [0.1, 0.15) is 5.52 Å². The standard InChI is InChI=1S/C15H18N2O4/c1-9-7-17(8-10(2)20-9)15-16-13-11(14(18)19-3)5-4-6-12(13)21-15/h4-6,9-10H,7-8H2,1-3H3. The molecule has 112 valence electrons. The van der Waals surface area contributed by atoms with Gasteiger partial charge in [0.05, 0.1) is 24.9 Å². The van der Waals surface area contributed by atoms with Crippen LogP contribution >= 0.6 is 0 Å². The highest BCUT2D eigenvalue weighted by Crippen LogP contribution is 2.27. The average molecular weight is 290 g/mol. The quantitative estimate of drug-likeness (QED) is 0.790. The number of benzene rings is 1. The second kappa shape index (κ2) is 5.37. The van der Waals surface area contributed by atoms with Crippen molar-refractivity contribution >= 4 is 23.1 Å². The Balaban J connectivity index is 1.99. The lowest BCUT2D eigenvalue weighted by molar-refractivity contribution is -0.00662. The molecule has 0 aliphatic carbocycles. The third-order valence-electron chi connectivity index (χ3n) is 3.50. The van der Waals surface area contributed by atoms with E-state index in [1.807, 2.05) is 18.7 Å². The fourth-order valence-electron chi connectivity index (χ4n) is 2.68. The summed E-state index contributed by atoms with van der Waals surface area (Å²) in [6, 6.07) is 5.76. The van der Waals surface area contributed by atoms with Crippen molar-refractivity contribution in [3.63, 3.8) is 0 Å². The molecule has 2 aromatic rings. The molecule has 6 heteroatoms. The monoisotopic (exact) mass is 290 g/mol. The number of ether oxygens (including phenoxy) is 2. The first-order chi connectivity index (χ1) is 10.1. The average Bonchev–Trinajstić information content (AvgIpc) is 2.89. The van der Waals surface area contributed by atoms with E-state index in [2.05, 4.69) is 4.98 Å². The Morgan fingerprint density at radius 3 is 2.71 bits per heavy atom. The van der Waals surface area contributed by atoms with Crippen LogP contribution in [0.3, 0.4) is 0 Å². The Labute approximate surface area is 122 Å². The van der Waals surface area contributed by atoms with E-state index in [9.17, 15) is 4.79 Å². The van der Waals surface area contributed by atoms with Gasteiger partial charge in [-0.15, -0.1) is 0 Å². The number of esters is 1. The SMILES string of the molecule is COC(=O)c1cccc2oc(N3CC(C)OC(C)C3)nc12. The fourth-order valence-corrected chi connectivity index (χ4v) is 2.68. The summed E-state index contributed by atoms with van der Waals surface area (Å²) in [6.45, 7) is 5.46. The Kier molecular flexibility index (Phi) is 3.55. The van der Waals surface area contributed by atoms with Crippen molar-refractivity contribution in [1.29, 1.82) is 0 Å². The molecule has 0 spiro atoms. The lowest BCUT2D eigenvalue weighted by atomic mass is 10.2. The normalized spacial score (nSPS) is 22.5. The van der Waals surface area contributed by atoms with Crippen LogP contribution < -0.4 is 4.90 Å². The number of morpholine rings is 1. The van der Waals surface area contributed by atoms with Crippen LogP contribution in [0.4, 0.5) is 6.01 Å². The highest BCUT2D eigenvalue weighted by atomic mass is 16.5. The maximum Gasteiger partial charge on any atom is 0.340 e. The molecule has 6 nitrogen and oxygen atoms in total. The van der Waals surface area contributed by atoms with Gasteiger partial charge in [0.15, 0.2) is 5.58 Å². The van der Waals surface area contributed by atoms with E-state index in [1.165, 1.54) is 7.11 Å². The molecule has 1 aliphatic rings. The molecule has 1 saturated heterocycles. The van der Waals surface area contributed by atoms with Gasteiger partial charge in [-0.2, -0.15) is 4.98 Å². The van der Waals surface area contributed by atoms with E-state index >= 15 is 0 Å². The number of carbonyl (C=O) groups excluding carboxylic acids is 1. The molecule has 2 atom stereocenters. The molecule has 2 heterocycles. The second-order valence-corrected chi connectivity index (χ2v) is 5.30. The van der Waals surface area contributed by atoms with Crippen molar-refractivity contribution in [2.75, 3.05) is 25.1 Å². The van der Waals surface area contributed by atoms with Gasteiger partial charge in [0, 0.05) is 13.1 Å². The second-order valence-electron chi connectivity index (χ2n) is 5.30. The first-order valence-electron chi connectivity index (χ1n) is 6.96. The molecule has 0 amide bonds. The molecule has 0 saturated carbocycles. The number of hydrogen-bond donors (Lipinski definition) is 0. The third-order valence-corrected chi connectivity index (χ3v) is 3.50. The van der Waals surface area contributed by atoms with Crippen LogP contribution in [0.15, 0.2) is 22.6 Å². The summed E-state index contributed by atoms with van der Waals surface area (Å²) >= 11 is 0. The number of anilines is 1. The van der Waals surface area contributed by atoms with Crippen molar-refractivity contribution in [2.45, 2.75) is 26.1 Å². The van der Waals surface area contributed by atoms with Crippen molar-refractivity contribution in [3.05, 3.63) is 23.8 Å². The number of rotatable bonds is 2. The van der Waals surface area contributed by atoms with Gasteiger partial charge < -0.3 is 18.8 Å². The lowest BCUT2D eigenvalue weighted by Crippen LogP contribution is -2.45. The number of oxazole rings is 1. The van der Waals surface area contributed by atoms with Crippen LogP contribution in [0, 0.1) is 0 Å². The molecule has 0 N–H and O–H groups in total. The van der Waals surface area contributed by atoms with Crippen molar-refractivity contribution in [1.82, 2.24) is 4.98 Å². The summed E-state index contributed by atoms with van der Waals surface area (Å²) in [6.07, 6.45) is 0.229. The number of carbonyl (C=O) groups is 1. The zero-order chi connectivity index (χ0) is 15.0. The Morgan fingerprint density at radius 2 is 2.05 bits per heavy atom. The van der Waals surface area contributed by atoms with Gasteiger partial charge in [0.25, 0.3) is 6.01 Å². The highest BCUT2D eigenvalue weighted by molar-refractivity contribution is 6.01. The molecule has 3 rings (SSSR count). The van der Waals surface area contributed by atoms with Gasteiger partial charge in [-0.3, -0.25) is 0 Å². The smallest absolute Gasteiger partial charge is 0.340 e. The lowest BCUT2D eigenvalue weighted by Gasteiger charge is -2.34. The highest BCUT2D eigenvalue weighted by Gasteiger charge is 2.26. The van der Waals surface area contributed by atoms with E-state index in [4.69, 9.17) is 13.9 Å². The molecular formula is C15H18N2O4. The molecule has 1 fully saturated rings. The van der Waals surface area contributed by atoms with Gasteiger partial charge in [-0.1, -0.05) is 6.07 Å². The fraction of sp³-hybridized carbons (Fsp3) is 0.467. The van der Waals surface area contributed by atoms with Crippen molar-refractivity contribution in [2.24, 2.45) is 0 Å². The largest absolute Gasteiger partial charge is 0.465 e. The van der Waals surface area contributed by atoms with Crippen molar-refractivity contribution in [3.8, 4) is 0 Å². The maximum atomic E-state index is 11.8. The Bertz CT molecular complexity index is 657. The Hall–Kier alpha value is -2.08. The predicted molar refractivity (Wildman–Crippen MR) is 77.6 cm³/mol. The molecule has 1 aliphatic heterocycles. The number of fused-ring (bicyclic) bond motifs is 1. The third kappa shape index (κ3) is 2.58. The molecule has 2 unspecified atom stereocenters. The predicted octanol–water partition coefficient (Wildman–Crippen LogP) is 2.23. The van der Waals surface area contributed by atoms with Gasteiger partial charge in [-0.25, -0.2) is 4.79 Å². The summed E-state index contributed by atoms with van der Waals surface area (Å²) < 4.78 is 16.3. The van der Waals surface area contributed by atoms with Crippen LogP contribution in [0.1, 0.15) is 24.2 Å². The number of nitrogens with zero attached hydrogens (tertiary/aromatic N) is 2. The van der Waals surface area contributed by atoms with E-state index < -0.39 is 5.97 Å². The first-order valence-corrected chi connectivity index (χ1v) is 6.96. The summed E-state index contributed by atoms with van der Waals surface area (Å²) in [5.74, 6) is -0.413. The van der Waals surface area contributed by atoms with Crippen molar-refractivity contribution < 1.29 is 18.7 Å². The first kappa shape index (κ1) is 13.9. The van der Waals surface area contributed by atoms with E-state index in [0.717, 1.165) is 0 Å². The summed E-state index contributed by atoms with van der Waals surface area (Å²) in [5.41, 5.74) is 1.53. The van der Waals surface area contributed by atoms with Gasteiger partial charge >= 0.3 is 5.97 Å². The van der Waals surface area contributed by atoms with Gasteiger partial charge in [0.2, 0.25) is 0 Å². The topological polar surface area (TPSA) is 64.8 Å². The zero-order valence-corrected chi connectivity index (χ0v) is 12.3. The van der Waals surface area contributed by atoms with Crippen LogP contribution in [-0.4, -0.2) is 43.4 Å². The van der Waals surface area contributed by atoms with E-state index in [0.29, 0.717) is 35.8 Å². The summed E-state index contributed by atoms with van der Waals surface area (Å²) in [4.78, 5) is 18.3. The maximum absolute atomic E-state index is 11.8. The summed E-state index contributed by atoms with van der Waals surface area (Å²) in [5, 5.41) is 0.